The molecule has 2 aliphatic rings. The number of nitrogens with zero attached hydrogens (tertiary/aromatic N) is 1. The van der Waals surface area contributed by atoms with Crippen LogP contribution in [0, 0.1) is 5.41 Å². The third-order valence-corrected chi connectivity index (χ3v) is 3.95. The summed E-state index contributed by atoms with van der Waals surface area (Å²) in [7, 11) is 0. The summed E-state index contributed by atoms with van der Waals surface area (Å²) in [5, 5.41) is 0. The minimum absolute atomic E-state index is 0.529. The maximum atomic E-state index is 5.85. The van der Waals surface area contributed by atoms with Crippen LogP contribution in [-0.2, 0) is 0 Å². The standard InChI is InChI=1S/C12H22N2/c13-11-12(5-4-6-12)7-10-14-8-2-1-3-9-14/h1-2H,3-11,13H2. The second-order valence-corrected chi connectivity index (χ2v) is 4.87. The van der Waals surface area contributed by atoms with Crippen LogP contribution in [0.1, 0.15) is 32.1 Å². The molecule has 0 amide bonds. The molecule has 1 aliphatic heterocycles. The molecule has 14 heavy (non-hydrogen) atoms. The molecule has 1 saturated carbocycles. The van der Waals surface area contributed by atoms with E-state index in [-0.39, 0.29) is 0 Å². The Morgan fingerprint density at radius 3 is 2.64 bits per heavy atom. The first kappa shape index (κ1) is 10.2. The van der Waals surface area contributed by atoms with E-state index < -0.39 is 0 Å². The molecule has 0 spiro atoms. The average molecular weight is 194 g/mol. The molecule has 0 unspecified atom stereocenters. The third kappa shape index (κ3) is 2.18. The maximum Gasteiger partial charge on any atom is 0.0163 e. The van der Waals surface area contributed by atoms with Gasteiger partial charge in [-0.15, -0.1) is 0 Å². The molecule has 0 atom stereocenters. The highest BCUT2D eigenvalue weighted by Crippen LogP contribution is 2.42. The van der Waals surface area contributed by atoms with Gasteiger partial charge in [0, 0.05) is 13.1 Å². The Kier molecular flexibility index (Phi) is 3.24. The third-order valence-electron chi connectivity index (χ3n) is 3.95. The van der Waals surface area contributed by atoms with Gasteiger partial charge in [0.1, 0.15) is 0 Å². The lowest BCUT2D eigenvalue weighted by Gasteiger charge is -2.42. The van der Waals surface area contributed by atoms with Crippen LogP contribution in [0.25, 0.3) is 0 Å². The van der Waals surface area contributed by atoms with Crippen LogP contribution in [-0.4, -0.2) is 31.1 Å². The van der Waals surface area contributed by atoms with Gasteiger partial charge in [-0.2, -0.15) is 0 Å². The number of hydrogen-bond acceptors (Lipinski definition) is 2. The predicted octanol–water partition coefficient (Wildman–Crippen LogP) is 1.77. The number of nitrogens with two attached hydrogens (primary N) is 1. The van der Waals surface area contributed by atoms with Crippen LogP contribution in [0.3, 0.4) is 0 Å². The van der Waals surface area contributed by atoms with E-state index in [4.69, 9.17) is 5.73 Å². The van der Waals surface area contributed by atoms with Crippen molar-refractivity contribution in [3.8, 4) is 0 Å². The number of hydrogen-bond donors (Lipinski definition) is 1. The second-order valence-electron chi connectivity index (χ2n) is 4.87. The van der Waals surface area contributed by atoms with Crippen molar-refractivity contribution >= 4 is 0 Å². The van der Waals surface area contributed by atoms with Crippen molar-refractivity contribution in [3.05, 3.63) is 12.2 Å². The first-order valence-corrected chi connectivity index (χ1v) is 5.92. The molecular weight excluding hydrogens is 172 g/mol. The van der Waals surface area contributed by atoms with Gasteiger partial charge in [-0.25, -0.2) is 0 Å². The van der Waals surface area contributed by atoms with Crippen LogP contribution in [0.5, 0.6) is 0 Å². The molecule has 0 bridgehead atoms. The van der Waals surface area contributed by atoms with Crippen LogP contribution in [0.2, 0.25) is 0 Å². The van der Waals surface area contributed by atoms with Gasteiger partial charge in [0.15, 0.2) is 0 Å². The largest absolute Gasteiger partial charge is 0.330 e. The van der Waals surface area contributed by atoms with E-state index in [1.807, 2.05) is 0 Å². The Morgan fingerprint density at radius 2 is 2.14 bits per heavy atom. The summed E-state index contributed by atoms with van der Waals surface area (Å²) in [6.07, 6.45) is 11.3. The van der Waals surface area contributed by atoms with Crippen molar-refractivity contribution in [3.63, 3.8) is 0 Å². The Morgan fingerprint density at radius 1 is 1.29 bits per heavy atom. The molecular formula is C12H22N2. The van der Waals surface area contributed by atoms with Crippen molar-refractivity contribution in [2.45, 2.75) is 32.1 Å². The first-order valence-electron chi connectivity index (χ1n) is 5.92. The molecule has 0 aromatic heterocycles. The normalized spacial score (nSPS) is 26.1. The maximum absolute atomic E-state index is 5.85. The van der Waals surface area contributed by atoms with E-state index in [9.17, 15) is 0 Å². The molecule has 1 heterocycles. The SMILES string of the molecule is NCC1(CCN2CC=CCC2)CCC1. The van der Waals surface area contributed by atoms with E-state index in [2.05, 4.69) is 17.1 Å². The summed E-state index contributed by atoms with van der Waals surface area (Å²) in [5.74, 6) is 0. The smallest absolute Gasteiger partial charge is 0.0163 e. The lowest BCUT2D eigenvalue weighted by molar-refractivity contribution is 0.108. The zero-order chi connectivity index (χ0) is 9.86. The zero-order valence-electron chi connectivity index (χ0n) is 9.04. The summed E-state index contributed by atoms with van der Waals surface area (Å²) in [6, 6.07) is 0. The topological polar surface area (TPSA) is 29.3 Å². The average Bonchev–Trinajstić information content (AvgIpc) is 2.19. The molecule has 2 nitrogen and oxygen atoms in total. The first-order chi connectivity index (χ1) is 6.85. The van der Waals surface area contributed by atoms with Gasteiger partial charge in [0.2, 0.25) is 0 Å². The summed E-state index contributed by atoms with van der Waals surface area (Å²) in [4.78, 5) is 2.55. The van der Waals surface area contributed by atoms with Crippen molar-refractivity contribution in [1.82, 2.24) is 4.90 Å². The van der Waals surface area contributed by atoms with Gasteiger partial charge in [0.05, 0.1) is 0 Å². The Labute approximate surface area is 87.2 Å². The number of rotatable bonds is 4. The van der Waals surface area contributed by atoms with Crippen LogP contribution >= 0.6 is 0 Å². The van der Waals surface area contributed by atoms with E-state index in [0.717, 1.165) is 13.1 Å². The highest BCUT2D eigenvalue weighted by molar-refractivity contribution is 4.93. The summed E-state index contributed by atoms with van der Waals surface area (Å²) < 4.78 is 0. The minimum Gasteiger partial charge on any atom is -0.330 e. The molecule has 1 aliphatic carbocycles. The molecule has 0 aromatic rings. The summed E-state index contributed by atoms with van der Waals surface area (Å²) >= 11 is 0. The van der Waals surface area contributed by atoms with Gasteiger partial charge in [-0.1, -0.05) is 18.6 Å². The summed E-state index contributed by atoms with van der Waals surface area (Å²) in [6.45, 7) is 4.55. The van der Waals surface area contributed by atoms with Gasteiger partial charge in [0.25, 0.3) is 0 Å². The van der Waals surface area contributed by atoms with Gasteiger partial charge in [-0.05, 0) is 44.2 Å². The Hall–Kier alpha value is -0.340. The molecule has 0 radical (unpaired) electrons. The Bertz CT molecular complexity index is 201. The fourth-order valence-electron chi connectivity index (χ4n) is 2.52. The Balaban J connectivity index is 1.73. The van der Waals surface area contributed by atoms with Gasteiger partial charge >= 0.3 is 0 Å². The zero-order valence-corrected chi connectivity index (χ0v) is 9.04. The van der Waals surface area contributed by atoms with Crippen molar-refractivity contribution in [1.29, 1.82) is 0 Å². The second kappa shape index (κ2) is 4.45. The fraction of sp³-hybridized carbons (Fsp3) is 0.833. The van der Waals surface area contributed by atoms with Crippen LogP contribution < -0.4 is 5.73 Å². The minimum atomic E-state index is 0.529. The van der Waals surface area contributed by atoms with E-state index in [0.29, 0.717) is 5.41 Å². The van der Waals surface area contributed by atoms with Crippen molar-refractivity contribution in [2.75, 3.05) is 26.2 Å². The predicted molar refractivity (Wildman–Crippen MR) is 60.2 cm³/mol. The molecule has 0 saturated heterocycles. The van der Waals surface area contributed by atoms with Crippen LogP contribution in [0.15, 0.2) is 12.2 Å². The van der Waals surface area contributed by atoms with E-state index in [1.165, 1.54) is 45.2 Å². The lowest BCUT2D eigenvalue weighted by Crippen LogP contribution is -2.41. The fourth-order valence-corrected chi connectivity index (χ4v) is 2.52. The van der Waals surface area contributed by atoms with E-state index >= 15 is 0 Å². The molecule has 1 fully saturated rings. The van der Waals surface area contributed by atoms with Gasteiger partial charge < -0.3 is 5.73 Å². The molecule has 2 heteroatoms. The molecule has 2 N–H and O–H groups in total. The molecule has 2 rings (SSSR count). The highest BCUT2D eigenvalue weighted by atomic mass is 15.1. The van der Waals surface area contributed by atoms with E-state index in [1.54, 1.807) is 0 Å². The monoisotopic (exact) mass is 194 g/mol. The highest BCUT2D eigenvalue weighted by Gasteiger charge is 2.35. The molecule has 0 aromatic carbocycles. The van der Waals surface area contributed by atoms with Crippen molar-refractivity contribution in [2.24, 2.45) is 11.1 Å². The summed E-state index contributed by atoms with van der Waals surface area (Å²) in [5.41, 5.74) is 6.38. The van der Waals surface area contributed by atoms with Crippen LogP contribution in [0.4, 0.5) is 0 Å². The molecule has 80 valence electrons. The van der Waals surface area contributed by atoms with Crippen molar-refractivity contribution < 1.29 is 0 Å². The lowest BCUT2D eigenvalue weighted by atomic mass is 9.66. The van der Waals surface area contributed by atoms with Gasteiger partial charge in [-0.3, -0.25) is 4.90 Å². The quantitative estimate of drug-likeness (QED) is 0.691.